The number of amides is 2. The number of ether oxygens (including phenoxy) is 2. The molecular formula is C16H22N2O5. The molecule has 23 heavy (non-hydrogen) atoms. The molecule has 3 N–H and O–H groups in total. The molecule has 0 saturated heterocycles. The first-order valence-corrected chi connectivity index (χ1v) is 7.48. The number of carbonyl (C=O) groups excluding carboxylic acids is 3. The second-order valence-electron chi connectivity index (χ2n) is 4.91. The topological polar surface area (TPSA) is 108 Å². The molecule has 1 aromatic carbocycles. The Labute approximate surface area is 135 Å². The van der Waals surface area contributed by atoms with Crippen LogP contribution in [0.1, 0.15) is 36.5 Å². The number of hydrogen-bond acceptors (Lipinski definition) is 5. The highest BCUT2D eigenvalue weighted by atomic mass is 16.5. The molecule has 0 saturated carbocycles. The van der Waals surface area contributed by atoms with Gasteiger partial charge < -0.3 is 20.5 Å². The Morgan fingerprint density at radius 3 is 2.39 bits per heavy atom. The normalized spacial score (nSPS) is 9.96. The highest BCUT2D eigenvalue weighted by Crippen LogP contribution is 2.12. The molecule has 0 unspecified atom stereocenters. The lowest BCUT2D eigenvalue weighted by Gasteiger charge is -2.07. The molecule has 0 aliphatic rings. The highest BCUT2D eigenvalue weighted by Gasteiger charge is 2.10. The zero-order valence-corrected chi connectivity index (χ0v) is 13.2. The predicted octanol–water partition coefficient (Wildman–Crippen LogP) is 1.01. The third kappa shape index (κ3) is 7.85. The van der Waals surface area contributed by atoms with Gasteiger partial charge in [0.05, 0.1) is 5.56 Å². The average molecular weight is 322 g/mol. The SMILES string of the molecule is CCCCCNC(=O)COC(=O)c1ccc(OCC(N)=O)cc1. The Morgan fingerprint density at radius 1 is 1.09 bits per heavy atom. The molecule has 0 aliphatic heterocycles. The third-order valence-corrected chi connectivity index (χ3v) is 2.91. The number of esters is 1. The van der Waals surface area contributed by atoms with Crippen molar-refractivity contribution in [1.82, 2.24) is 5.32 Å². The predicted molar refractivity (Wildman–Crippen MR) is 83.9 cm³/mol. The van der Waals surface area contributed by atoms with Crippen molar-refractivity contribution in [3.8, 4) is 5.75 Å². The van der Waals surface area contributed by atoms with E-state index in [1.165, 1.54) is 24.3 Å². The number of hydrogen-bond donors (Lipinski definition) is 2. The van der Waals surface area contributed by atoms with E-state index in [9.17, 15) is 14.4 Å². The van der Waals surface area contributed by atoms with Crippen LogP contribution in [0.3, 0.4) is 0 Å². The summed E-state index contributed by atoms with van der Waals surface area (Å²) in [5.74, 6) is -1.10. The summed E-state index contributed by atoms with van der Waals surface area (Å²) in [7, 11) is 0. The Hall–Kier alpha value is -2.57. The maximum Gasteiger partial charge on any atom is 0.338 e. The smallest absolute Gasteiger partial charge is 0.338 e. The van der Waals surface area contributed by atoms with Crippen LogP contribution in [0.15, 0.2) is 24.3 Å². The molecule has 1 aromatic rings. The van der Waals surface area contributed by atoms with E-state index >= 15 is 0 Å². The van der Waals surface area contributed by atoms with Crippen LogP contribution in [0.5, 0.6) is 5.75 Å². The molecule has 0 fully saturated rings. The fraction of sp³-hybridized carbons (Fsp3) is 0.438. The van der Waals surface area contributed by atoms with Gasteiger partial charge in [0.2, 0.25) is 0 Å². The Kier molecular flexibility index (Phi) is 8.20. The van der Waals surface area contributed by atoms with Gasteiger partial charge in [0.25, 0.3) is 11.8 Å². The standard InChI is InChI=1S/C16H22N2O5/c1-2-3-4-9-18-15(20)11-23-16(21)12-5-7-13(8-6-12)22-10-14(17)19/h5-8H,2-4,9-11H2,1H3,(H2,17,19)(H,18,20). The number of rotatable bonds is 10. The molecule has 0 radical (unpaired) electrons. The van der Waals surface area contributed by atoms with Crippen molar-refractivity contribution >= 4 is 17.8 Å². The van der Waals surface area contributed by atoms with Crippen molar-refractivity contribution in [1.29, 1.82) is 0 Å². The number of primary amides is 1. The van der Waals surface area contributed by atoms with Crippen LogP contribution in [0.25, 0.3) is 0 Å². The molecule has 7 heteroatoms. The molecule has 0 spiro atoms. The Morgan fingerprint density at radius 2 is 1.78 bits per heavy atom. The number of nitrogens with one attached hydrogen (secondary N) is 1. The quantitative estimate of drug-likeness (QED) is 0.494. The first-order chi connectivity index (χ1) is 11.0. The lowest BCUT2D eigenvalue weighted by atomic mass is 10.2. The summed E-state index contributed by atoms with van der Waals surface area (Å²) in [6, 6.07) is 6.00. The fourth-order valence-corrected chi connectivity index (χ4v) is 1.71. The second kappa shape index (κ2) is 10.2. The van der Waals surface area contributed by atoms with Gasteiger partial charge in [-0.2, -0.15) is 0 Å². The minimum Gasteiger partial charge on any atom is -0.484 e. The van der Waals surface area contributed by atoms with Gasteiger partial charge >= 0.3 is 5.97 Å². The van der Waals surface area contributed by atoms with E-state index in [1.54, 1.807) is 0 Å². The number of carbonyl (C=O) groups is 3. The summed E-state index contributed by atoms with van der Waals surface area (Å²) >= 11 is 0. The molecule has 0 heterocycles. The summed E-state index contributed by atoms with van der Waals surface area (Å²) < 4.78 is 9.99. The molecular weight excluding hydrogens is 300 g/mol. The average Bonchev–Trinajstić information content (AvgIpc) is 2.55. The number of nitrogens with two attached hydrogens (primary N) is 1. The van der Waals surface area contributed by atoms with Crippen LogP contribution in [0.4, 0.5) is 0 Å². The largest absolute Gasteiger partial charge is 0.484 e. The molecule has 0 aromatic heterocycles. The van der Waals surface area contributed by atoms with Crippen molar-refractivity contribution in [2.24, 2.45) is 5.73 Å². The minimum atomic E-state index is -0.602. The van der Waals surface area contributed by atoms with Crippen LogP contribution >= 0.6 is 0 Å². The number of unbranched alkanes of at least 4 members (excludes halogenated alkanes) is 2. The van der Waals surface area contributed by atoms with Crippen LogP contribution in [-0.4, -0.2) is 37.5 Å². The maximum atomic E-state index is 11.8. The van der Waals surface area contributed by atoms with Crippen LogP contribution in [-0.2, 0) is 14.3 Å². The monoisotopic (exact) mass is 322 g/mol. The second-order valence-corrected chi connectivity index (χ2v) is 4.91. The van der Waals surface area contributed by atoms with Crippen molar-refractivity contribution in [3.63, 3.8) is 0 Å². The van der Waals surface area contributed by atoms with E-state index in [4.69, 9.17) is 15.2 Å². The molecule has 7 nitrogen and oxygen atoms in total. The molecule has 2 amide bonds. The number of benzene rings is 1. The van der Waals surface area contributed by atoms with Gasteiger partial charge in [-0.05, 0) is 30.7 Å². The van der Waals surface area contributed by atoms with E-state index < -0.39 is 11.9 Å². The summed E-state index contributed by atoms with van der Waals surface area (Å²) in [5, 5.41) is 2.68. The van der Waals surface area contributed by atoms with Gasteiger partial charge in [0.1, 0.15) is 5.75 Å². The van der Waals surface area contributed by atoms with Crippen LogP contribution in [0, 0.1) is 0 Å². The van der Waals surface area contributed by atoms with Crippen LogP contribution in [0.2, 0.25) is 0 Å². The molecule has 0 bridgehead atoms. The Balaban J connectivity index is 2.34. The summed E-state index contributed by atoms with van der Waals surface area (Å²) in [5.41, 5.74) is 5.25. The van der Waals surface area contributed by atoms with Crippen molar-refractivity contribution in [2.45, 2.75) is 26.2 Å². The maximum absolute atomic E-state index is 11.8. The zero-order valence-electron chi connectivity index (χ0n) is 13.2. The molecule has 0 atom stereocenters. The molecule has 126 valence electrons. The van der Waals surface area contributed by atoms with Gasteiger partial charge in [0, 0.05) is 6.54 Å². The first kappa shape index (κ1) is 18.5. The van der Waals surface area contributed by atoms with E-state index in [0.717, 1.165) is 19.3 Å². The third-order valence-electron chi connectivity index (χ3n) is 2.91. The van der Waals surface area contributed by atoms with E-state index in [2.05, 4.69) is 12.2 Å². The van der Waals surface area contributed by atoms with Gasteiger partial charge in [-0.15, -0.1) is 0 Å². The highest BCUT2D eigenvalue weighted by molar-refractivity contribution is 5.91. The molecule has 0 aliphatic carbocycles. The lowest BCUT2D eigenvalue weighted by molar-refractivity contribution is -0.124. The summed E-state index contributed by atoms with van der Waals surface area (Å²) in [6.45, 7) is 2.11. The van der Waals surface area contributed by atoms with E-state index in [1.807, 2.05) is 0 Å². The van der Waals surface area contributed by atoms with Crippen molar-refractivity contribution < 1.29 is 23.9 Å². The van der Waals surface area contributed by atoms with Gasteiger partial charge in [-0.3, -0.25) is 9.59 Å². The Bertz CT molecular complexity index is 528. The van der Waals surface area contributed by atoms with E-state index in [-0.39, 0.29) is 24.7 Å². The first-order valence-electron chi connectivity index (χ1n) is 7.48. The minimum absolute atomic E-state index is 0.234. The zero-order chi connectivity index (χ0) is 17.1. The van der Waals surface area contributed by atoms with Crippen molar-refractivity contribution in [2.75, 3.05) is 19.8 Å². The fourth-order valence-electron chi connectivity index (χ4n) is 1.71. The lowest BCUT2D eigenvalue weighted by Crippen LogP contribution is -2.29. The molecule has 1 rings (SSSR count). The van der Waals surface area contributed by atoms with Gasteiger partial charge in [-0.1, -0.05) is 19.8 Å². The van der Waals surface area contributed by atoms with Crippen molar-refractivity contribution in [3.05, 3.63) is 29.8 Å². The van der Waals surface area contributed by atoms with E-state index in [0.29, 0.717) is 12.3 Å². The van der Waals surface area contributed by atoms with Gasteiger partial charge in [-0.25, -0.2) is 4.79 Å². The van der Waals surface area contributed by atoms with Gasteiger partial charge in [0.15, 0.2) is 13.2 Å². The van der Waals surface area contributed by atoms with Crippen LogP contribution < -0.4 is 15.8 Å². The summed E-state index contributed by atoms with van der Waals surface area (Å²) in [4.78, 5) is 33.9. The summed E-state index contributed by atoms with van der Waals surface area (Å²) in [6.07, 6.45) is 3.02.